The summed E-state index contributed by atoms with van der Waals surface area (Å²) in [5.74, 6) is 0. The van der Waals surface area contributed by atoms with Gasteiger partial charge in [0.1, 0.15) is 10.1 Å². The summed E-state index contributed by atoms with van der Waals surface area (Å²) in [4.78, 5) is -0.106. The molecule has 4 aromatic carbocycles. The van der Waals surface area contributed by atoms with E-state index in [-0.39, 0.29) is 4.90 Å². The summed E-state index contributed by atoms with van der Waals surface area (Å²) in [5.41, 5.74) is 0. The van der Waals surface area contributed by atoms with Gasteiger partial charge in [-0.2, -0.15) is 0 Å². The number of hydrogen-bond acceptors (Lipinski definition) is 3. The normalized spacial score (nSPS) is 12.7. The monoisotopic (exact) mass is 281 g/mol. The molecule has 0 aliphatic heterocycles. The lowest BCUT2D eigenvalue weighted by atomic mass is 10.2. The van der Waals surface area contributed by atoms with Crippen molar-refractivity contribution in [1.29, 1.82) is 0 Å². The fourth-order valence-corrected chi connectivity index (χ4v) is 3.90. The smallest absolute Gasteiger partial charge is 0.125 e. The van der Waals surface area contributed by atoms with Crippen molar-refractivity contribution in [2.75, 3.05) is 0 Å². The standard InChI is InChI=1S/C16H10O3S/c17-20(18,19)16-12-7-3-1-5-10-9-11-6-2-4-8-13(16)15(11)14(10)12/h1-9H,(H,17,18,19)/p-1. The van der Waals surface area contributed by atoms with E-state index in [2.05, 4.69) is 0 Å². The maximum atomic E-state index is 11.7. The van der Waals surface area contributed by atoms with Gasteiger partial charge in [-0.25, -0.2) is 8.42 Å². The van der Waals surface area contributed by atoms with Gasteiger partial charge in [0.25, 0.3) is 0 Å². The molecule has 0 aliphatic rings. The molecule has 4 rings (SSSR count). The third-order valence-electron chi connectivity index (χ3n) is 3.72. The minimum atomic E-state index is -4.53. The molecule has 0 aromatic heterocycles. The molecule has 0 atom stereocenters. The summed E-state index contributed by atoms with van der Waals surface area (Å²) < 4.78 is 35.1. The molecule has 0 saturated carbocycles. The Balaban J connectivity index is 2.51. The molecular formula is C16H9O3S-. The fraction of sp³-hybridized carbons (Fsp3) is 0. The molecule has 0 bridgehead atoms. The van der Waals surface area contributed by atoms with Gasteiger partial charge in [-0.15, -0.1) is 0 Å². The Morgan fingerprint density at radius 2 is 1.20 bits per heavy atom. The molecule has 98 valence electrons. The second kappa shape index (κ2) is 3.69. The Kier molecular flexibility index (Phi) is 2.14. The highest BCUT2D eigenvalue weighted by Gasteiger charge is 2.19. The van der Waals surface area contributed by atoms with E-state index in [1.54, 1.807) is 24.3 Å². The largest absolute Gasteiger partial charge is 0.744 e. The summed E-state index contributed by atoms with van der Waals surface area (Å²) in [6.07, 6.45) is 0. The molecule has 3 nitrogen and oxygen atoms in total. The van der Waals surface area contributed by atoms with Crippen LogP contribution in [0.4, 0.5) is 0 Å². The van der Waals surface area contributed by atoms with Gasteiger partial charge in [-0.3, -0.25) is 0 Å². The van der Waals surface area contributed by atoms with Crippen molar-refractivity contribution in [3.8, 4) is 0 Å². The lowest BCUT2D eigenvalue weighted by Crippen LogP contribution is -1.97. The van der Waals surface area contributed by atoms with Crippen molar-refractivity contribution in [2.45, 2.75) is 4.90 Å². The van der Waals surface area contributed by atoms with E-state index in [1.165, 1.54) is 0 Å². The predicted octanol–water partition coefficient (Wildman–Crippen LogP) is 3.49. The van der Waals surface area contributed by atoms with Crippen molar-refractivity contribution in [3.63, 3.8) is 0 Å². The van der Waals surface area contributed by atoms with Crippen LogP contribution in [0.25, 0.3) is 32.3 Å². The number of hydrogen-bond donors (Lipinski definition) is 0. The zero-order chi connectivity index (χ0) is 13.9. The highest BCUT2D eigenvalue weighted by molar-refractivity contribution is 7.86. The third kappa shape index (κ3) is 1.40. The first kappa shape index (κ1) is 11.6. The van der Waals surface area contributed by atoms with Crippen molar-refractivity contribution < 1.29 is 13.0 Å². The zero-order valence-electron chi connectivity index (χ0n) is 10.3. The van der Waals surface area contributed by atoms with Crippen LogP contribution in [0, 0.1) is 0 Å². The van der Waals surface area contributed by atoms with Crippen molar-refractivity contribution in [2.24, 2.45) is 0 Å². The van der Waals surface area contributed by atoms with E-state index in [4.69, 9.17) is 0 Å². The fourth-order valence-electron chi connectivity index (χ4n) is 3.03. The maximum Gasteiger partial charge on any atom is 0.125 e. The van der Waals surface area contributed by atoms with Gasteiger partial charge in [-0.05, 0) is 27.6 Å². The molecule has 0 amide bonds. The first-order valence-electron chi connectivity index (χ1n) is 6.19. The Hall–Kier alpha value is -2.17. The van der Waals surface area contributed by atoms with Crippen LogP contribution in [0.2, 0.25) is 0 Å². The molecule has 4 aromatic rings. The van der Waals surface area contributed by atoms with E-state index in [0.717, 1.165) is 21.5 Å². The molecule has 0 heterocycles. The van der Waals surface area contributed by atoms with Gasteiger partial charge in [0, 0.05) is 10.8 Å². The van der Waals surface area contributed by atoms with Crippen LogP contribution in [0.5, 0.6) is 0 Å². The van der Waals surface area contributed by atoms with E-state index < -0.39 is 10.1 Å². The molecular weight excluding hydrogens is 272 g/mol. The Bertz CT molecular complexity index is 997. The quantitative estimate of drug-likeness (QED) is 0.502. The molecule has 0 fully saturated rings. The van der Waals surface area contributed by atoms with Crippen LogP contribution in [-0.2, 0) is 10.1 Å². The first-order valence-corrected chi connectivity index (χ1v) is 7.59. The molecule has 0 saturated heterocycles. The van der Waals surface area contributed by atoms with Crippen LogP contribution in [0.3, 0.4) is 0 Å². The highest BCUT2D eigenvalue weighted by atomic mass is 32.2. The molecule has 20 heavy (non-hydrogen) atoms. The summed E-state index contributed by atoms with van der Waals surface area (Å²) >= 11 is 0. The lowest BCUT2D eigenvalue weighted by molar-refractivity contribution is 0.465. The van der Waals surface area contributed by atoms with Gasteiger partial charge >= 0.3 is 0 Å². The third-order valence-corrected chi connectivity index (χ3v) is 4.66. The number of rotatable bonds is 1. The van der Waals surface area contributed by atoms with Gasteiger partial charge < -0.3 is 4.55 Å². The summed E-state index contributed by atoms with van der Waals surface area (Å²) in [5, 5.41) is 4.63. The Morgan fingerprint density at radius 1 is 0.750 bits per heavy atom. The van der Waals surface area contributed by atoms with E-state index in [9.17, 15) is 13.0 Å². The molecule has 0 radical (unpaired) electrons. The van der Waals surface area contributed by atoms with Crippen LogP contribution < -0.4 is 0 Å². The predicted molar refractivity (Wildman–Crippen MR) is 78.1 cm³/mol. The van der Waals surface area contributed by atoms with Crippen LogP contribution in [0.15, 0.2) is 59.5 Å². The average molecular weight is 281 g/mol. The molecule has 0 N–H and O–H groups in total. The molecule has 0 aliphatic carbocycles. The lowest BCUT2D eigenvalue weighted by Gasteiger charge is -2.06. The SMILES string of the molecule is O=S(=O)([O-])c1c2ccccc3cc4ccccc1c4c32. The maximum absolute atomic E-state index is 11.7. The van der Waals surface area contributed by atoms with Crippen molar-refractivity contribution in [1.82, 2.24) is 0 Å². The second-order valence-corrected chi connectivity index (χ2v) is 6.17. The minimum absolute atomic E-state index is 0.106. The summed E-state index contributed by atoms with van der Waals surface area (Å²) in [7, 11) is -4.53. The molecule has 0 unspecified atom stereocenters. The Labute approximate surface area is 115 Å². The van der Waals surface area contributed by atoms with E-state index in [0.29, 0.717) is 10.8 Å². The molecule has 4 heteroatoms. The van der Waals surface area contributed by atoms with Crippen LogP contribution in [0.1, 0.15) is 0 Å². The van der Waals surface area contributed by atoms with E-state index >= 15 is 0 Å². The first-order chi connectivity index (χ1) is 9.57. The minimum Gasteiger partial charge on any atom is -0.744 e. The van der Waals surface area contributed by atoms with Gasteiger partial charge in [-0.1, -0.05) is 48.5 Å². The van der Waals surface area contributed by atoms with Crippen molar-refractivity contribution >= 4 is 42.4 Å². The van der Waals surface area contributed by atoms with Gasteiger partial charge in [0.2, 0.25) is 0 Å². The van der Waals surface area contributed by atoms with Crippen molar-refractivity contribution in [3.05, 3.63) is 54.6 Å². The van der Waals surface area contributed by atoms with Gasteiger partial charge in [0.15, 0.2) is 0 Å². The molecule has 0 spiro atoms. The topological polar surface area (TPSA) is 57.2 Å². The van der Waals surface area contributed by atoms with Crippen LogP contribution >= 0.6 is 0 Å². The summed E-state index contributed by atoms with van der Waals surface area (Å²) in [6.45, 7) is 0. The van der Waals surface area contributed by atoms with E-state index in [1.807, 2.05) is 30.3 Å². The summed E-state index contributed by atoms with van der Waals surface area (Å²) in [6, 6.07) is 16.5. The zero-order valence-corrected chi connectivity index (χ0v) is 11.1. The average Bonchev–Trinajstić information content (AvgIpc) is 2.70. The van der Waals surface area contributed by atoms with Gasteiger partial charge in [0.05, 0.1) is 4.90 Å². The second-order valence-electron chi connectivity index (χ2n) is 4.85. The van der Waals surface area contributed by atoms with Crippen LogP contribution in [-0.4, -0.2) is 13.0 Å². The Morgan fingerprint density at radius 3 is 1.65 bits per heavy atom. The highest BCUT2D eigenvalue weighted by Crippen LogP contribution is 2.42.